The molecule has 156 valence electrons. The van der Waals surface area contributed by atoms with E-state index in [1.165, 1.54) is 0 Å². The molecule has 0 atom stereocenters. The molecule has 0 amide bonds. The number of aryl methyl sites for hydroxylation is 2. The molecule has 2 N–H and O–H groups in total. The zero-order valence-corrected chi connectivity index (χ0v) is 18.3. The van der Waals surface area contributed by atoms with Crippen molar-refractivity contribution in [2.45, 2.75) is 31.2 Å². The summed E-state index contributed by atoms with van der Waals surface area (Å²) < 4.78 is 30.6. The van der Waals surface area contributed by atoms with Gasteiger partial charge in [-0.2, -0.15) is 5.10 Å². The fourth-order valence-corrected chi connectivity index (χ4v) is 4.04. The minimum absolute atomic E-state index is 0.258. The van der Waals surface area contributed by atoms with E-state index in [0.717, 1.165) is 11.3 Å². The van der Waals surface area contributed by atoms with Gasteiger partial charge in [0.05, 0.1) is 10.6 Å². The van der Waals surface area contributed by atoms with Crippen LogP contribution in [0.1, 0.15) is 31.0 Å². The Hall–Kier alpha value is -2.33. The van der Waals surface area contributed by atoms with Crippen molar-refractivity contribution < 1.29 is 8.42 Å². The number of aromatic nitrogens is 3. The topological polar surface area (TPSA) is 96.5 Å². The van der Waals surface area contributed by atoms with E-state index in [1.54, 1.807) is 37.1 Å². The van der Waals surface area contributed by atoms with E-state index in [4.69, 9.17) is 0 Å². The summed E-state index contributed by atoms with van der Waals surface area (Å²) in [6.07, 6.45) is 5.29. The number of guanidine groups is 1. The number of nitrogens with zero attached hydrogens (tertiary/aromatic N) is 5. The SMILES string of the molecule is CN=C(NCCNS(=O)(=O)c1ccn(C)c1)N(C)Cc1cn(C)nc1C(C)C. The van der Waals surface area contributed by atoms with Crippen molar-refractivity contribution in [3.8, 4) is 0 Å². The molecule has 0 fully saturated rings. The second kappa shape index (κ2) is 9.24. The normalized spacial score (nSPS) is 12.6. The van der Waals surface area contributed by atoms with Crippen molar-refractivity contribution in [1.82, 2.24) is 29.3 Å². The molecule has 2 rings (SSSR count). The number of hydrogen-bond donors (Lipinski definition) is 2. The summed E-state index contributed by atoms with van der Waals surface area (Å²) in [5.74, 6) is 1.03. The summed E-state index contributed by atoms with van der Waals surface area (Å²) in [4.78, 5) is 6.54. The van der Waals surface area contributed by atoms with Crippen LogP contribution in [-0.4, -0.2) is 60.8 Å². The molecule has 0 saturated carbocycles. The van der Waals surface area contributed by atoms with Crippen molar-refractivity contribution in [3.05, 3.63) is 35.9 Å². The summed E-state index contributed by atoms with van der Waals surface area (Å²) >= 11 is 0. The first-order valence-corrected chi connectivity index (χ1v) is 10.7. The van der Waals surface area contributed by atoms with E-state index in [2.05, 4.69) is 34.0 Å². The Labute approximate surface area is 167 Å². The number of sulfonamides is 1. The Morgan fingerprint density at radius 3 is 2.57 bits per heavy atom. The van der Waals surface area contributed by atoms with Gasteiger partial charge in [-0.15, -0.1) is 0 Å². The van der Waals surface area contributed by atoms with E-state index >= 15 is 0 Å². The standard InChI is InChI=1S/C18H31N7O2S/c1-14(2)17-15(12-25(6)22-17)11-24(5)18(19-3)20-8-9-21-28(26,27)16-7-10-23(4)13-16/h7,10,12-14,21H,8-9,11H2,1-6H3,(H,19,20). The molecule has 0 aliphatic rings. The van der Waals surface area contributed by atoms with Gasteiger partial charge in [-0.05, 0) is 12.0 Å². The molecular formula is C18H31N7O2S. The van der Waals surface area contributed by atoms with Crippen LogP contribution in [0.15, 0.2) is 34.5 Å². The van der Waals surface area contributed by atoms with E-state index in [0.29, 0.717) is 25.0 Å². The van der Waals surface area contributed by atoms with Crippen molar-refractivity contribution in [1.29, 1.82) is 0 Å². The van der Waals surface area contributed by atoms with Crippen LogP contribution in [0.25, 0.3) is 0 Å². The van der Waals surface area contributed by atoms with Crippen LogP contribution in [0.2, 0.25) is 0 Å². The highest BCUT2D eigenvalue weighted by Gasteiger charge is 2.16. The van der Waals surface area contributed by atoms with Gasteiger partial charge in [0.25, 0.3) is 0 Å². The van der Waals surface area contributed by atoms with Crippen molar-refractivity contribution >= 4 is 16.0 Å². The van der Waals surface area contributed by atoms with Gasteiger partial charge in [0, 0.05) is 72.0 Å². The molecule has 2 aromatic heterocycles. The highest BCUT2D eigenvalue weighted by molar-refractivity contribution is 7.89. The molecule has 0 aromatic carbocycles. The van der Waals surface area contributed by atoms with Crippen molar-refractivity contribution in [2.75, 3.05) is 27.2 Å². The molecule has 0 aliphatic carbocycles. The molecule has 2 aromatic rings. The average molecular weight is 410 g/mol. The molecule has 9 nitrogen and oxygen atoms in total. The summed E-state index contributed by atoms with van der Waals surface area (Å²) in [7, 11) is 3.86. The van der Waals surface area contributed by atoms with Gasteiger partial charge in [-0.3, -0.25) is 9.67 Å². The van der Waals surface area contributed by atoms with Crippen LogP contribution in [0.3, 0.4) is 0 Å². The van der Waals surface area contributed by atoms with E-state index in [-0.39, 0.29) is 11.4 Å². The molecule has 2 heterocycles. The van der Waals surface area contributed by atoms with E-state index in [1.807, 2.05) is 29.9 Å². The van der Waals surface area contributed by atoms with Gasteiger partial charge in [0.1, 0.15) is 0 Å². The second-order valence-corrected chi connectivity index (χ2v) is 8.88. The maximum atomic E-state index is 12.2. The molecule has 10 heteroatoms. The molecule has 0 radical (unpaired) electrons. The third-order valence-corrected chi connectivity index (χ3v) is 5.73. The van der Waals surface area contributed by atoms with Gasteiger partial charge in [-0.1, -0.05) is 13.8 Å². The van der Waals surface area contributed by atoms with Gasteiger partial charge in [0.2, 0.25) is 10.0 Å². The number of hydrogen-bond acceptors (Lipinski definition) is 4. The monoisotopic (exact) mass is 409 g/mol. The lowest BCUT2D eigenvalue weighted by atomic mass is 10.1. The Morgan fingerprint density at radius 2 is 2.00 bits per heavy atom. The number of aliphatic imine (C=N–C) groups is 1. The smallest absolute Gasteiger partial charge is 0.242 e. The van der Waals surface area contributed by atoms with Crippen LogP contribution in [0.4, 0.5) is 0 Å². The fourth-order valence-electron chi connectivity index (χ4n) is 2.96. The maximum absolute atomic E-state index is 12.2. The lowest BCUT2D eigenvalue weighted by Gasteiger charge is -2.22. The zero-order valence-electron chi connectivity index (χ0n) is 17.5. The Bertz CT molecular complexity index is 912. The van der Waals surface area contributed by atoms with Crippen LogP contribution < -0.4 is 10.0 Å². The van der Waals surface area contributed by atoms with Crippen molar-refractivity contribution in [2.24, 2.45) is 19.1 Å². The molecule has 0 aliphatic heterocycles. The average Bonchev–Trinajstić information content (AvgIpc) is 3.21. The quantitative estimate of drug-likeness (QED) is 0.383. The largest absolute Gasteiger partial charge is 0.356 e. The lowest BCUT2D eigenvalue weighted by Crippen LogP contribution is -2.42. The third kappa shape index (κ3) is 5.59. The second-order valence-electron chi connectivity index (χ2n) is 7.11. The lowest BCUT2D eigenvalue weighted by molar-refractivity contribution is 0.473. The van der Waals surface area contributed by atoms with Gasteiger partial charge in [0.15, 0.2) is 5.96 Å². The highest BCUT2D eigenvalue weighted by Crippen LogP contribution is 2.18. The first kappa shape index (κ1) is 22.0. The Balaban J connectivity index is 1.89. The molecule has 28 heavy (non-hydrogen) atoms. The first-order valence-electron chi connectivity index (χ1n) is 9.20. The fraction of sp³-hybridized carbons (Fsp3) is 0.556. The third-order valence-electron chi connectivity index (χ3n) is 4.28. The van der Waals surface area contributed by atoms with Crippen LogP contribution in [-0.2, 0) is 30.7 Å². The summed E-state index contributed by atoms with van der Waals surface area (Å²) in [5.41, 5.74) is 2.22. The highest BCUT2D eigenvalue weighted by atomic mass is 32.2. The molecule has 0 unspecified atom stereocenters. The van der Waals surface area contributed by atoms with Gasteiger partial charge in [-0.25, -0.2) is 13.1 Å². The zero-order chi connectivity index (χ0) is 20.9. The Morgan fingerprint density at radius 1 is 1.29 bits per heavy atom. The first-order chi connectivity index (χ1) is 13.1. The molecule has 0 bridgehead atoms. The van der Waals surface area contributed by atoms with Crippen LogP contribution in [0, 0.1) is 0 Å². The minimum Gasteiger partial charge on any atom is -0.356 e. The van der Waals surface area contributed by atoms with Crippen LogP contribution >= 0.6 is 0 Å². The van der Waals surface area contributed by atoms with Gasteiger partial charge >= 0.3 is 0 Å². The minimum atomic E-state index is -3.50. The summed E-state index contributed by atoms with van der Waals surface area (Å²) in [5, 5.41) is 7.72. The predicted molar refractivity (Wildman–Crippen MR) is 111 cm³/mol. The molecular weight excluding hydrogens is 378 g/mol. The predicted octanol–water partition coefficient (Wildman–Crippen LogP) is 0.868. The maximum Gasteiger partial charge on any atom is 0.242 e. The number of rotatable bonds is 8. The molecule has 0 saturated heterocycles. The molecule has 0 spiro atoms. The number of nitrogens with one attached hydrogen (secondary N) is 2. The Kier molecular flexibility index (Phi) is 7.25. The van der Waals surface area contributed by atoms with E-state index < -0.39 is 10.0 Å². The van der Waals surface area contributed by atoms with Crippen molar-refractivity contribution in [3.63, 3.8) is 0 Å². The summed E-state index contributed by atoms with van der Waals surface area (Å²) in [6, 6.07) is 1.57. The van der Waals surface area contributed by atoms with Gasteiger partial charge < -0.3 is 14.8 Å². The van der Waals surface area contributed by atoms with Crippen LogP contribution in [0.5, 0.6) is 0 Å². The summed E-state index contributed by atoms with van der Waals surface area (Å²) in [6.45, 7) is 5.59. The van der Waals surface area contributed by atoms with E-state index in [9.17, 15) is 8.42 Å².